The Morgan fingerprint density at radius 2 is 1.48 bits per heavy atom. The maximum Gasteiger partial charge on any atom is 0.357 e. The number of carbonyl (C=O) groups excluding carboxylic acids is 4. The zero-order valence-electron chi connectivity index (χ0n) is 22.0. The van der Waals surface area contributed by atoms with Crippen LogP contribution >= 0.6 is 0 Å². The van der Waals surface area contributed by atoms with Crippen molar-refractivity contribution in [2.24, 2.45) is 0 Å². The van der Waals surface area contributed by atoms with Gasteiger partial charge in [0.25, 0.3) is 0 Å². The van der Waals surface area contributed by atoms with Crippen molar-refractivity contribution in [1.29, 1.82) is 0 Å². The van der Waals surface area contributed by atoms with Crippen molar-refractivity contribution in [3.8, 4) is 28.4 Å². The number of phenols is 2. The van der Waals surface area contributed by atoms with Crippen LogP contribution in [0.4, 0.5) is 0 Å². The van der Waals surface area contributed by atoms with Gasteiger partial charge in [-0.2, -0.15) is 5.10 Å². The summed E-state index contributed by atoms with van der Waals surface area (Å²) in [7, 11) is 2.29. The summed E-state index contributed by atoms with van der Waals surface area (Å²) >= 11 is 0. The molecule has 0 radical (unpaired) electrons. The molecule has 4 aromatic rings. The molecule has 0 saturated carbocycles. The van der Waals surface area contributed by atoms with Crippen LogP contribution in [0.5, 0.6) is 11.5 Å². The number of methoxy groups -OCH3 is 2. The van der Waals surface area contributed by atoms with Crippen molar-refractivity contribution in [1.82, 2.24) is 9.78 Å². The molecule has 3 aromatic carbocycles. The Morgan fingerprint density at radius 3 is 2.10 bits per heavy atom. The average molecular weight is 541 g/mol. The van der Waals surface area contributed by atoms with Crippen LogP contribution < -0.4 is 0 Å². The Hall–Kier alpha value is -5.25. The van der Waals surface area contributed by atoms with Gasteiger partial charge in [-0.3, -0.25) is 9.59 Å². The van der Waals surface area contributed by atoms with Gasteiger partial charge in [-0.25, -0.2) is 14.3 Å². The van der Waals surface area contributed by atoms with Crippen LogP contribution in [-0.2, 0) is 9.47 Å². The van der Waals surface area contributed by atoms with Gasteiger partial charge < -0.3 is 19.7 Å². The number of aromatic hydroxyl groups is 2. The molecular weight excluding hydrogens is 516 g/mol. The Labute approximate surface area is 228 Å². The summed E-state index contributed by atoms with van der Waals surface area (Å²) in [6, 6.07) is 13.8. The van der Waals surface area contributed by atoms with Crippen LogP contribution in [0.2, 0.25) is 0 Å². The fourth-order valence-corrected chi connectivity index (χ4v) is 4.81. The van der Waals surface area contributed by atoms with Gasteiger partial charge in [-0.15, -0.1) is 0 Å². The first-order chi connectivity index (χ1) is 19.1. The molecule has 0 unspecified atom stereocenters. The number of hydrogen-bond donors (Lipinski definition) is 2. The molecule has 0 fully saturated rings. The minimum Gasteiger partial charge on any atom is -0.507 e. The van der Waals surface area contributed by atoms with Crippen LogP contribution in [0.3, 0.4) is 0 Å². The Bertz CT molecular complexity index is 1730. The first-order valence-corrected chi connectivity index (χ1v) is 12.3. The molecule has 0 bridgehead atoms. The van der Waals surface area contributed by atoms with Crippen LogP contribution in [0.1, 0.15) is 78.0 Å². The van der Waals surface area contributed by atoms with E-state index in [9.17, 15) is 29.4 Å². The van der Waals surface area contributed by atoms with Gasteiger partial charge in [0.1, 0.15) is 22.8 Å². The third-order valence-electron chi connectivity index (χ3n) is 6.83. The van der Waals surface area contributed by atoms with Crippen molar-refractivity contribution in [3.63, 3.8) is 0 Å². The van der Waals surface area contributed by atoms with E-state index in [4.69, 9.17) is 9.47 Å². The summed E-state index contributed by atoms with van der Waals surface area (Å²) in [6.45, 7) is 4.06. The molecule has 1 heterocycles. The van der Waals surface area contributed by atoms with E-state index in [0.29, 0.717) is 5.69 Å². The predicted octanol–water partition coefficient (Wildman–Crippen LogP) is 4.42. The number of esters is 2. The van der Waals surface area contributed by atoms with Gasteiger partial charge in [-0.1, -0.05) is 38.1 Å². The molecule has 1 aliphatic rings. The Morgan fingerprint density at radius 1 is 0.825 bits per heavy atom. The number of hydrogen-bond acceptors (Lipinski definition) is 9. The van der Waals surface area contributed by atoms with Crippen molar-refractivity contribution < 1.29 is 38.9 Å². The van der Waals surface area contributed by atoms with Crippen molar-refractivity contribution >= 4 is 23.5 Å². The maximum absolute atomic E-state index is 13.4. The molecule has 10 nitrogen and oxygen atoms in total. The van der Waals surface area contributed by atoms with E-state index in [-0.39, 0.29) is 56.4 Å². The van der Waals surface area contributed by atoms with Gasteiger partial charge in [0.2, 0.25) is 5.78 Å². The molecular formula is C30H24N2O8. The van der Waals surface area contributed by atoms with E-state index in [0.717, 1.165) is 25.8 Å². The first kappa shape index (κ1) is 26.4. The highest BCUT2D eigenvalue weighted by atomic mass is 16.5. The largest absolute Gasteiger partial charge is 0.507 e. The lowest BCUT2D eigenvalue weighted by molar-refractivity contribution is 0.0549. The first-order valence-electron chi connectivity index (χ1n) is 12.3. The summed E-state index contributed by atoms with van der Waals surface area (Å²) < 4.78 is 11.2. The lowest BCUT2D eigenvalue weighted by Crippen LogP contribution is -2.21. The maximum atomic E-state index is 13.4. The molecule has 2 N–H and O–H groups in total. The number of ketones is 2. The number of benzene rings is 3. The van der Waals surface area contributed by atoms with Crippen LogP contribution in [-0.4, -0.2) is 57.7 Å². The van der Waals surface area contributed by atoms with Crippen LogP contribution in [0.25, 0.3) is 16.9 Å². The Kier molecular flexibility index (Phi) is 6.46. The van der Waals surface area contributed by atoms with E-state index in [1.54, 1.807) is 12.1 Å². The summed E-state index contributed by atoms with van der Waals surface area (Å²) in [5.74, 6) is -3.83. The molecule has 1 aliphatic carbocycles. The molecule has 1 aromatic heterocycles. The molecule has 10 heteroatoms. The standard InChI is InChI=1S/C30H24N2O8/c1-14(2)15-8-10-17(11-9-15)32-26(30(38)40-4)24(29(37)39-3)25(31-32)16-12-19-23(21(34)13-16)28(36)22-18(27(19)35)6-5-7-20(22)33/h5-14,33-34H,1-4H3. The molecule has 0 atom stereocenters. The highest BCUT2D eigenvalue weighted by Crippen LogP contribution is 2.40. The third-order valence-corrected chi connectivity index (χ3v) is 6.83. The summed E-state index contributed by atoms with van der Waals surface area (Å²) in [4.78, 5) is 52.6. The molecule has 40 heavy (non-hydrogen) atoms. The van der Waals surface area contributed by atoms with Gasteiger partial charge in [0, 0.05) is 16.7 Å². The van der Waals surface area contributed by atoms with Gasteiger partial charge in [-0.05, 0) is 41.8 Å². The van der Waals surface area contributed by atoms with E-state index in [1.165, 1.54) is 28.9 Å². The highest BCUT2D eigenvalue weighted by Gasteiger charge is 2.37. The number of carbonyl (C=O) groups is 4. The smallest absolute Gasteiger partial charge is 0.357 e. The normalized spacial score (nSPS) is 12.2. The SMILES string of the molecule is COC(=O)c1c(-c2cc(O)c3c(c2)C(=O)c2cccc(O)c2C3=O)nn(-c2ccc(C(C)C)cc2)c1C(=O)OC. The van der Waals surface area contributed by atoms with Crippen LogP contribution in [0.15, 0.2) is 54.6 Å². The second-order valence-electron chi connectivity index (χ2n) is 9.49. The number of rotatable bonds is 5. The predicted molar refractivity (Wildman–Crippen MR) is 142 cm³/mol. The van der Waals surface area contributed by atoms with Gasteiger partial charge in [0.15, 0.2) is 11.5 Å². The number of ether oxygens (including phenoxy) is 2. The highest BCUT2D eigenvalue weighted by molar-refractivity contribution is 6.30. The number of aromatic nitrogens is 2. The van der Waals surface area contributed by atoms with Crippen molar-refractivity contribution in [2.45, 2.75) is 19.8 Å². The molecule has 0 amide bonds. The lowest BCUT2D eigenvalue weighted by Gasteiger charge is -2.20. The topological polar surface area (TPSA) is 145 Å². The molecule has 5 rings (SSSR count). The third kappa shape index (κ3) is 4.01. The summed E-state index contributed by atoms with van der Waals surface area (Å²) in [5.41, 5.74) is 0.310. The van der Waals surface area contributed by atoms with Crippen molar-refractivity contribution in [2.75, 3.05) is 14.2 Å². The van der Waals surface area contributed by atoms with E-state index in [2.05, 4.69) is 5.10 Å². The van der Waals surface area contributed by atoms with Gasteiger partial charge >= 0.3 is 11.9 Å². The minimum atomic E-state index is -0.907. The fraction of sp³-hybridized carbons (Fsp3) is 0.167. The minimum absolute atomic E-state index is 0.0340. The molecule has 202 valence electrons. The molecule has 0 aliphatic heterocycles. The van der Waals surface area contributed by atoms with E-state index in [1.807, 2.05) is 26.0 Å². The fourth-order valence-electron chi connectivity index (χ4n) is 4.81. The number of fused-ring (bicyclic) bond motifs is 2. The Balaban J connectivity index is 1.77. The molecule has 0 spiro atoms. The average Bonchev–Trinajstić information content (AvgIpc) is 3.35. The summed E-state index contributed by atoms with van der Waals surface area (Å²) in [5, 5.41) is 25.7. The number of nitrogens with zero attached hydrogens (tertiary/aromatic N) is 2. The quantitative estimate of drug-likeness (QED) is 0.309. The zero-order valence-corrected chi connectivity index (χ0v) is 22.0. The second kappa shape index (κ2) is 9.81. The second-order valence-corrected chi connectivity index (χ2v) is 9.49. The monoisotopic (exact) mass is 540 g/mol. The van der Waals surface area contributed by atoms with Crippen molar-refractivity contribution in [3.05, 3.63) is 93.7 Å². The zero-order chi connectivity index (χ0) is 28.9. The van der Waals surface area contributed by atoms with E-state index >= 15 is 0 Å². The van der Waals surface area contributed by atoms with Gasteiger partial charge in [0.05, 0.1) is 31.0 Å². The number of phenolic OH excluding ortho intramolecular Hbond substituents is 2. The summed E-state index contributed by atoms with van der Waals surface area (Å²) in [6.07, 6.45) is 0. The van der Waals surface area contributed by atoms with E-state index < -0.39 is 29.3 Å². The molecule has 0 saturated heterocycles. The van der Waals surface area contributed by atoms with Crippen LogP contribution in [0, 0.1) is 0 Å². The lowest BCUT2D eigenvalue weighted by atomic mass is 9.82.